The highest BCUT2D eigenvalue weighted by atomic mass is 16.4. The third kappa shape index (κ3) is 3.29. The van der Waals surface area contributed by atoms with E-state index in [0.29, 0.717) is 5.69 Å². The molecule has 0 aliphatic carbocycles. The van der Waals surface area contributed by atoms with Crippen molar-refractivity contribution in [3.63, 3.8) is 0 Å². The van der Waals surface area contributed by atoms with E-state index < -0.39 is 17.9 Å². The zero-order chi connectivity index (χ0) is 13.8. The Bertz CT molecular complexity index is 608. The van der Waals surface area contributed by atoms with Crippen LogP contribution in [0, 0.1) is 0 Å². The molecule has 2 rings (SSSR count). The van der Waals surface area contributed by atoms with Crippen molar-refractivity contribution in [2.75, 3.05) is 5.32 Å². The molecule has 1 aromatic heterocycles. The molecule has 0 aliphatic rings. The highest BCUT2D eigenvalue weighted by molar-refractivity contribution is 5.96. The molecule has 5 N–H and O–H groups in total. The van der Waals surface area contributed by atoms with Crippen LogP contribution in [0.3, 0.4) is 0 Å². The fraction of sp³-hybridized carbons (Fsp3) is 0.250. The molecule has 1 atom stereocenters. The van der Waals surface area contributed by atoms with Crippen LogP contribution in [-0.2, 0) is 9.59 Å². The number of carbonyl (C=O) groups excluding carboxylic acids is 1. The number of carbonyl (C=O) groups is 2. The summed E-state index contributed by atoms with van der Waals surface area (Å²) in [6.45, 7) is 0. The van der Waals surface area contributed by atoms with Gasteiger partial charge in [0.1, 0.15) is 0 Å². The molecular formula is C12H14N4O3. The average molecular weight is 262 g/mol. The zero-order valence-corrected chi connectivity index (χ0v) is 10.1. The minimum Gasteiger partial charge on any atom is -0.481 e. The molecule has 0 fully saturated rings. The molecule has 0 radical (unpaired) electrons. The lowest BCUT2D eigenvalue weighted by Gasteiger charge is -2.11. The molecule has 0 spiro atoms. The maximum atomic E-state index is 11.7. The number of nitrogens with two attached hydrogens (primary N) is 1. The Morgan fingerprint density at radius 3 is 3.00 bits per heavy atom. The second-order valence-electron chi connectivity index (χ2n) is 4.20. The summed E-state index contributed by atoms with van der Waals surface area (Å²) >= 11 is 0. The largest absolute Gasteiger partial charge is 0.481 e. The summed E-state index contributed by atoms with van der Waals surface area (Å²) in [4.78, 5) is 22.1. The summed E-state index contributed by atoms with van der Waals surface area (Å²) in [5, 5.41) is 18.8. The Morgan fingerprint density at radius 2 is 2.26 bits per heavy atom. The third-order valence-corrected chi connectivity index (χ3v) is 2.72. The molecule has 0 bridgehead atoms. The van der Waals surface area contributed by atoms with Crippen molar-refractivity contribution in [3.05, 3.63) is 24.4 Å². The second kappa shape index (κ2) is 5.49. The number of aromatic amines is 1. The van der Waals surface area contributed by atoms with Crippen LogP contribution in [0.5, 0.6) is 0 Å². The number of nitrogens with one attached hydrogen (secondary N) is 2. The first-order valence-corrected chi connectivity index (χ1v) is 5.77. The van der Waals surface area contributed by atoms with Crippen molar-refractivity contribution in [2.45, 2.75) is 18.9 Å². The monoisotopic (exact) mass is 262 g/mol. The van der Waals surface area contributed by atoms with E-state index in [4.69, 9.17) is 10.8 Å². The lowest BCUT2D eigenvalue weighted by molar-refractivity contribution is -0.137. The topological polar surface area (TPSA) is 121 Å². The number of fused-ring (bicyclic) bond motifs is 1. The Labute approximate surface area is 108 Å². The fourth-order valence-corrected chi connectivity index (χ4v) is 1.66. The standard InChI is InChI=1S/C12H14N4O3/c13-9(3-4-11(17)18)12(19)15-8-2-1-7-6-14-16-10(7)5-8/h1-2,5-6,9H,3-4,13H2,(H,14,16)(H,15,19)(H,17,18). The number of carboxylic acid groups (broad SMARTS) is 1. The van der Waals surface area contributed by atoms with Crippen molar-refractivity contribution < 1.29 is 14.7 Å². The van der Waals surface area contributed by atoms with Crippen LogP contribution in [0.25, 0.3) is 10.9 Å². The Hall–Kier alpha value is -2.41. The summed E-state index contributed by atoms with van der Waals surface area (Å²) in [7, 11) is 0. The fourth-order valence-electron chi connectivity index (χ4n) is 1.66. The molecule has 7 nitrogen and oxygen atoms in total. The second-order valence-corrected chi connectivity index (χ2v) is 4.20. The molecule has 100 valence electrons. The van der Waals surface area contributed by atoms with Crippen LogP contribution in [0.4, 0.5) is 5.69 Å². The number of hydrogen-bond acceptors (Lipinski definition) is 4. The smallest absolute Gasteiger partial charge is 0.303 e. The molecule has 1 aromatic carbocycles. The van der Waals surface area contributed by atoms with Gasteiger partial charge in [0.25, 0.3) is 0 Å². The van der Waals surface area contributed by atoms with Crippen LogP contribution >= 0.6 is 0 Å². The lowest BCUT2D eigenvalue weighted by Crippen LogP contribution is -2.36. The first-order valence-electron chi connectivity index (χ1n) is 5.77. The Kier molecular flexibility index (Phi) is 3.76. The van der Waals surface area contributed by atoms with Gasteiger partial charge in [-0.15, -0.1) is 0 Å². The van der Waals surface area contributed by atoms with E-state index >= 15 is 0 Å². The highest BCUT2D eigenvalue weighted by Crippen LogP contribution is 2.16. The SMILES string of the molecule is NC(CCC(=O)O)C(=O)Nc1ccc2cn[nH]c2c1. The number of aliphatic carboxylic acids is 1. The molecule has 19 heavy (non-hydrogen) atoms. The van der Waals surface area contributed by atoms with Crippen LogP contribution in [-0.4, -0.2) is 33.2 Å². The predicted molar refractivity (Wildman–Crippen MR) is 69.6 cm³/mol. The van der Waals surface area contributed by atoms with Gasteiger partial charge in [0.05, 0.1) is 17.8 Å². The maximum absolute atomic E-state index is 11.7. The zero-order valence-electron chi connectivity index (χ0n) is 10.1. The van der Waals surface area contributed by atoms with Gasteiger partial charge in [0.2, 0.25) is 5.91 Å². The lowest BCUT2D eigenvalue weighted by atomic mass is 10.1. The number of H-pyrrole nitrogens is 1. The Balaban J connectivity index is 1.99. The summed E-state index contributed by atoms with van der Waals surface area (Å²) < 4.78 is 0. The van der Waals surface area contributed by atoms with Gasteiger partial charge in [-0.1, -0.05) is 0 Å². The van der Waals surface area contributed by atoms with E-state index in [1.807, 2.05) is 6.07 Å². The summed E-state index contributed by atoms with van der Waals surface area (Å²) in [5.74, 6) is -1.37. The molecule has 1 heterocycles. The first-order chi connectivity index (χ1) is 9.06. The summed E-state index contributed by atoms with van der Waals surface area (Å²) in [6.07, 6.45) is 1.65. The van der Waals surface area contributed by atoms with Gasteiger partial charge in [0, 0.05) is 17.5 Å². The normalized spacial score (nSPS) is 12.3. The summed E-state index contributed by atoms with van der Waals surface area (Å²) in [6, 6.07) is 4.45. The van der Waals surface area contributed by atoms with Gasteiger partial charge < -0.3 is 16.2 Å². The molecule has 7 heteroatoms. The molecule has 2 aromatic rings. The minimum absolute atomic E-state index is 0.105. The van der Waals surface area contributed by atoms with E-state index in [0.717, 1.165) is 10.9 Å². The number of anilines is 1. The minimum atomic E-state index is -0.970. The van der Waals surface area contributed by atoms with Crippen LogP contribution < -0.4 is 11.1 Å². The number of benzene rings is 1. The van der Waals surface area contributed by atoms with E-state index in [-0.39, 0.29) is 12.8 Å². The number of hydrogen-bond donors (Lipinski definition) is 4. The number of carboxylic acids is 1. The van der Waals surface area contributed by atoms with E-state index in [1.54, 1.807) is 18.3 Å². The average Bonchev–Trinajstić information content (AvgIpc) is 2.83. The van der Waals surface area contributed by atoms with Gasteiger partial charge in [-0.05, 0) is 24.6 Å². The van der Waals surface area contributed by atoms with Crippen molar-refractivity contribution in [3.8, 4) is 0 Å². The predicted octanol–water partition coefficient (Wildman–Crippen LogP) is 0.693. The number of amides is 1. The van der Waals surface area contributed by atoms with E-state index in [2.05, 4.69) is 15.5 Å². The number of aromatic nitrogens is 2. The van der Waals surface area contributed by atoms with E-state index in [1.165, 1.54) is 0 Å². The quantitative estimate of drug-likeness (QED) is 0.631. The molecule has 0 aliphatic heterocycles. The van der Waals surface area contributed by atoms with Crippen molar-refractivity contribution in [2.24, 2.45) is 5.73 Å². The Morgan fingerprint density at radius 1 is 1.47 bits per heavy atom. The number of rotatable bonds is 5. The van der Waals surface area contributed by atoms with Crippen molar-refractivity contribution in [1.29, 1.82) is 0 Å². The van der Waals surface area contributed by atoms with Gasteiger partial charge in [-0.3, -0.25) is 14.7 Å². The van der Waals surface area contributed by atoms with Crippen LogP contribution in [0.15, 0.2) is 24.4 Å². The van der Waals surface area contributed by atoms with Crippen LogP contribution in [0.2, 0.25) is 0 Å². The maximum Gasteiger partial charge on any atom is 0.303 e. The van der Waals surface area contributed by atoms with Gasteiger partial charge in [-0.25, -0.2) is 0 Å². The molecular weight excluding hydrogens is 248 g/mol. The van der Waals surface area contributed by atoms with E-state index in [9.17, 15) is 9.59 Å². The van der Waals surface area contributed by atoms with Gasteiger partial charge in [-0.2, -0.15) is 5.10 Å². The van der Waals surface area contributed by atoms with Gasteiger partial charge >= 0.3 is 5.97 Å². The highest BCUT2D eigenvalue weighted by Gasteiger charge is 2.15. The van der Waals surface area contributed by atoms with Crippen molar-refractivity contribution in [1.82, 2.24) is 10.2 Å². The number of nitrogens with zero attached hydrogens (tertiary/aromatic N) is 1. The first kappa shape index (κ1) is 13.0. The van der Waals surface area contributed by atoms with Gasteiger partial charge in [0.15, 0.2) is 0 Å². The molecule has 0 saturated heterocycles. The third-order valence-electron chi connectivity index (χ3n) is 2.72. The molecule has 1 amide bonds. The molecule has 0 saturated carbocycles. The van der Waals surface area contributed by atoms with Crippen LogP contribution in [0.1, 0.15) is 12.8 Å². The molecule has 1 unspecified atom stereocenters. The van der Waals surface area contributed by atoms with Crippen molar-refractivity contribution >= 4 is 28.5 Å². The summed E-state index contributed by atoms with van der Waals surface area (Å²) in [5.41, 5.74) is 7.00.